The van der Waals surface area contributed by atoms with Crippen LogP contribution in [0.5, 0.6) is 0 Å². The van der Waals surface area contributed by atoms with Gasteiger partial charge in [-0.3, -0.25) is 9.20 Å². The lowest BCUT2D eigenvalue weighted by atomic mass is 9.98. The highest BCUT2D eigenvalue weighted by Crippen LogP contribution is 2.28. The first-order valence-corrected chi connectivity index (χ1v) is 11.0. The SMILES string of the molecule is O=C(NC(c1ccccc1)c1ccccc1)c1csc2nc(-c3cccs3)cn12. The van der Waals surface area contributed by atoms with Crippen molar-refractivity contribution in [3.8, 4) is 10.6 Å². The molecule has 29 heavy (non-hydrogen) atoms. The molecule has 0 atom stereocenters. The number of hydrogen-bond donors (Lipinski definition) is 1. The van der Waals surface area contributed by atoms with E-state index in [1.54, 1.807) is 11.3 Å². The second-order valence-corrected chi connectivity index (χ2v) is 8.39. The average molecular weight is 416 g/mol. The fourth-order valence-corrected chi connectivity index (χ4v) is 4.88. The molecule has 0 saturated heterocycles. The van der Waals surface area contributed by atoms with Gasteiger partial charge in [-0.15, -0.1) is 22.7 Å². The summed E-state index contributed by atoms with van der Waals surface area (Å²) in [5.41, 5.74) is 3.58. The summed E-state index contributed by atoms with van der Waals surface area (Å²) in [7, 11) is 0. The molecule has 6 heteroatoms. The third-order valence-electron chi connectivity index (χ3n) is 4.76. The first-order valence-electron chi connectivity index (χ1n) is 9.21. The van der Waals surface area contributed by atoms with Crippen molar-refractivity contribution in [1.29, 1.82) is 0 Å². The summed E-state index contributed by atoms with van der Waals surface area (Å²) in [6, 6.07) is 23.9. The average Bonchev–Trinajstić information content (AvgIpc) is 3.49. The molecule has 1 N–H and O–H groups in total. The number of thiazole rings is 1. The summed E-state index contributed by atoms with van der Waals surface area (Å²) < 4.78 is 1.88. The Morgan fingerprint density at radius 3 is 2.21 bits per heavy atom. The van der Waals surface area contributed by atoms with Crippen molar-refractivity contribution in [3.63, 3.8) is 0 Å². The number of carbonyl (C=O) groups excluding carboxylic acids is 1. The van der Waals surface area contributed by atoms with E-state index in [9.17, 15) is 4.79 Å². The van der Waals surface area contributed by atoms with Gasteiger partial charge in [0.25, 0.3) is 5.91 Å². The van der Waals surface area contributed by atoms with Crippen molar-refractivity contribution in [3.05, 3.63) is 107 Å². The molecule has 0 radical (unpaired) electrons. The summed E-state index contributed by atoms with van der Waals surface area (Å²) in [6.07, 6.45) is 1.94. The van der Waals surface area contributed by atoms with Gasteiger partial charge in [0.1, 0.15) is 11.4 Å². The van der Waals surface area contributed by atoms with E-state index >= 15 is 0 Å². The number of nitrogens with zero attached hydrogens (tertiary/aromatic N) is 2. The van der Waals surface area contributed by atoms with Gasteiger partial charge < -0.3 is 5.32 Å². The lowest BCUT2D eigenvalue weighted by Gasteiger charge is -2.19. The third kappa shape index (κ3) is 3.48. The van der Waals surface area contributed by atoms with Gasteiger partial charge in [-0.25, -0.2) is 4.98 Å². The van der Waals surface area contributed by atoms with Crippen LogP contribution in [-0.2, 0) is 0 Å². The molecule has 5 aromatic rings. The van der Waals surface area contributed by atoms with E-state index < -0.39 is 0 Å². The van der Waals surface area contributed by atoms with Gasteiger partial charge >= 0.3 is 0 Å². The second-order valence-electron chi connectivity index (χ2n) is 6.60. The minimum atomic E-state index is -0.222. The summed E-state index contributed by atoms with van der Waals surface area (Å²) in [4.78, 5) is 19.8. The van der Waals surface area contributed by atoms with Crippen LogP contribution in [0.4, 0.5) is 0 Å². The third-order valence-corrected chi connectivity index (χ3v) is 6.49. The first-order chi connectivity index (χ1) is 14.3. The molecule has 0 saturated carbocycles. The zero-order valence-electron chi connectivity index (χ0n) is 15.4. The van der Waals surface area contributed by atoms with Crippen LogP contribution in [0.3, 0.4) is 0 Å². The first kappa shape index (κ1) is 17.8. The van der Waals surface area contributed by atoms with Crippen LogP contribution < -0.4 is 5.32 Å². The maximum Gasteiger partial charge on any atom is 0.269 e. The van der Waals surface area contributed by atoms with Crippen LogP contribution in [0.25, 0.3) is 15.5 Å². The molecule has 3 aromatic heterocycles. The zero-order chi connectivity index (χ0) is 19.6. The Balaban J connectivity index is 1.49. The van der Waals surface area contributed by atoms with Gasteiger partial charge in [-0.1, -0.05) is 66.7 Å². The van der Waals surface area contributed by atoms with Gasteiger partial charge in [0, 0.05) is 11.6 Å². The maximum atomic E-state index is 13.2. The Bertz CT molecular complexity index is 1200. The molecular formula is C23H17N3OS2. The zero-order valence-corrected chi connectivity index (χ0v) is 17.0. The van der Waals surface area contributed by atoms with Crippen molar-refractivity contribution in [2.24, 2.45) is 0 Å². The van der Waals surface area contributed by atoms with Crippen LogP contribution in [0, 0.1) is 0 Å². The van der Waals surface area contributed by atoms with Crippen LogP contribution >= 0.6 is 22.7 Å². The van der Waals surface area contributed by atoms with E-state index in [0.29, 0.717) is 5.69 Å². The molecule has 0 spiro atoms. The predicted molar refractivity (Wildman–Crippen MR) is 119 cm³/mol. The Morgan fingerprint density at radius 1 is 0.897 bits per heavy atom. The van der Waals surface area contributed by atoms with Crippen molar-refractivity contribution >= 4 is 33.5 Å². The van der Waals surface area contributed by atoms with Gasteiger partial charge in [-0.05, 0) is 22.6 Å². The fourth-order valence-electron chi connectivity index (χ4n) is 3.35. The number of benzene rings is 2. The number of carbonyl (C=O) groups is 1. The second kappa shape index (κ2) is 7.66. The number of hydrogen-bond acceptors (Lipinski definition) is 4. The van der Waals surface area contributed by atoms with Crippen LogP contribution in [0.2, 0.25) is 0 Å². The Hall–Kier alpha value is -3.22. The predicted octanol–water partition coefficient (Wildman–Crippen LogP) is 5.64. The minimum absolute atomic E-state index is 0.121. The largest absolute Gasteiger partial charge is 0.340 e. The molecule has 0 aliphatic heterocycles. The molecule has 0 aliphatic carbocycles. The van der Waals surface area contributed by atoms with Crippen LogP contribution in [0.1, 0.15) is 27.7 Å². The molecule has 142 valence electrons. The van der Waals surface area contributed by atoms with E-state index in [4.69, 9.17) is 0 Å². The number of fused-ring (bicyclic) bond motifs is 1. The topological polar surface area (TPSA) is 46.4 Å². The molecule has 3 heterocycles. The van der Waals surface area contributed by atoms with E-state index in [-0.39, 0.29) is 11.9 Å². The van der Waals surface area contributed by atoms with Gasteiger partial charge in [0.05, 0.1) is 10.9 Å². The minimum Gasteiger partial charge on any atom is -0.340 e. The number of imidazole rings is 1. The van der Waals surface area contributed by atoms with Gasteiger partial charge in [0.15, 0.2) is 4.96 Å². The quantitative estimate of drug-likeness (QED) is 0.404. The number of aromatic nitrogens is 2. The van der Waals surface area contributed by atoms with Crippen molar-refractivity contribution < 1.29 is 4.79 Å². The fraction of sp³-hybridized carbons (Fsp3) is 0.0435. The highest BCUT2D eigenvalue weighted by Gasteiger charge is 2.21. The monoisotopic (exact) mass is 415 g/mol. The van der Waals surface area contributed by atoms with Gasteiger partial charge in [0.2, 0.25) is 0 Å². The van der Waals surface area contributed by atoms with Gasteiger partial charge in [-0.2, -0.15) is 0 Å². The van der Waals surface area contributed by atoms with E-state index in [1.165, 1.54) is 11.3 Å². The number of amides is 1. The highest BCUT2D eigenvalue weighted by molar-refractivity contribution is 7.15. The van der Waals surface area contributed by atoms with Crippen molar-refractivity contribution in [1.82, 2.24) is 14.7 Å². The van der Waals surface area contributed by atoms with Crippen molar-refractivity contribution in [2.75, 3.05) is 0 Å². The summed E-state index contributed by atoms with van der Waals surface area (Å²) in [5.74, 6) is -0.121. The highest BCUT2D eigenvalue weighted by atomic mass is 32.1. The molecule has 2 aromatic carbocycles. The lowest BCUT2D eigenvalue weighted by molar-refractivity contribution is 0.0937. The molecule has 0 unspecified atom stereocenters. The number of nitrogens with one attached hydrogen (secondary N) is 1. The maximum absolute atomic E-state index is 13.2. The molecule has 0 fully saturated rings. The van der Waals surface area contributed by atoms with Crippen LogP contribution in [0.15, 0.2) is 89.8 Å². The van der Waals surface area contributed by atoms with Crippen LogP contribution in [-0.4, -0.2) is 15.3 Å². The summed E-state index contributed by atoms with van der Waals surface area (Å²) in [5, 5.41) is 7.10. The molecule has 5 rings (SSSR count). The number of thiophene rings is 1. The molecule has 4 nitrogen and oxygen atoms in total. The summed E-state index contributed by atoms with van der Waals surface area (Å²) >= 11 is 3.12. The van der Waals surface area contributed by atoms with Crippen molar-refractivity contribution in [2.45, 2.75) is 6.04 Å². The normalized spacial score (nSPS) is 11.2. The van der Waals surface area contributed by atoms with E-state index in [1.807, 2.05) is 94.2 Å². The Labute approximate surface area is 176 Å². The molecule has 1 amide bonds. The molecule has 0 aliphatic rings. The molecule has 0 bridgehead atoms. The molecular weight excluding hydrogens is 398 g/mol. The number of rotatable bonds is 5. The van der Waals surface area contributed by atoms with E-state index in [2.05, 4.69) is 10.3 Å². The Morgan fingerprint density at radius 2 is 1.59 bits per heavy atom. The smallest absolute Gasteiger partial charge is 0.269 e. The standard InChI is InChI=1S/C23H17N3OS2/c27-22(19-15-29-23-24-18(14-26(19)23)20-12-7-13-28-20)25-21(16-8-3-1-4-9-16)17-10-5-2-6-11-17/h1-15,21H,(H,25,27). The summed E-state index contributed by atoms with van der Waals surface area (Å²) in [6.45, 7) is 0. The van der Waals surface area contributed by atoms with E-state index in [0.717, 1.165) is 26.7 Å². The lowest BCUT2D eigenvalue weighted by Crippen LogP contribution is -2.30. The Kier molecular flexibility index (Phi) is 4.71.